The lowest BCUT2D eigenvalue weighted by atomic mass is 10.1. The van der Waals surface area contributed by atoms with Gasteiger partial charge in [-0.3, -0.25) is 0 Å². The summed E-state index contributed by atoms with van der Waals surface area (Å²) < 4.78 is 0. The maximum Gasteiger partial charge on any atom is 0.00450 e. The summed E-state index contributed by atoms with van der Waals surface area (Å²) in [6, 6.07) is 0. The van der Waals surface area contributed by atoms with Crippen LogP contribution in [0, 0.1) is 0 Å². The van der Waals surface area contributed by atoms with Gasteiger partial charge in [-0.15, -0.1) is 0 Å². The molecule has 3 heteroatoms. The van der Waals surface area contributed by atoms with Gasteiger partial charge in [-0.1, -0.05) is 67.9 Å². The number of hydrogen-bond donors (Lipinski definition) is 1. The normalized spacial score (nSPS) is 10.5. The minimum atomic E-state index is 1.27. The fourth-order valence-corrected chi connectivity index (χ4v) is 2.80. The van der Waals surface area contributed by atoms with Crippen LogP contribution in [0.3, 0.4) is 0 Å². The molecule has 0 N–H and O–H groups in total. The molecule has 0 aromatic heterocycles. The van der Waals surface area contributed by atoms with Crippen LogP contribution in [0.5, 0.6) is 0 Å². The van der Waals surface area contributed by atoms with Crippen LogP contribution in [-0.4, -0.2) is 5.75 Å². The molecule has 74 valence electrons. The predicted octanol–water partition coefficient (Wildman–Crippen LogP) is 4.96. The van der Waals surface area contributed by atoms with Gasteiger partial charge < -0.3 is 0 Å². The van der Waals surface area contributed by atoms with Crippen molar-refractivity contribution in [2.24, 2.45) is 0 Å². The van der Waals surface area contributed by atoms with Crippen molar-refractivity contribution in [2.75, 3.05) is 5.75 Å². The van der Waals surface area contributed by atoms with Crippen molar-refractivity contribution in [1.82, 2.24) is 0 Å². The standard InChI is InChI=1S/C9H20S3/c1-2-3-4-5-6-7-8-9-11-12-10/h10H,2-9H2,1H3. The lowest BCUT2D eigenvalue weighted by Gasteiger charge is -1.99. The molecule has 0 amide bonds. The Morgan fingerprint density at radius 2 is 1.50 bits per heavy atom. The summed E-state index contributed by atoms with van der Waals surface area (Å²) in [5.74, 6) is 1.27. The van der Waals surface area contributed by atoms with E-state index in [0.717, 1.165) is 0 Å². The summed E-state index contributed by atoms with van der Waals surface area (Å²) in [5.41, 5.74) is 0. The van der Waals surface area contributed by atoms with Gasteiger partial charge in [0, 0.05) is 5.75 Å². The van der Waals surface area contributed by atoms with E-state index in [1.54, 1.807) is 9.83 Å². The molecule has 12 heavy (non-hydrogen) atoms. The summed E-state index contributed by atoms with van der Waals surface area (Å²) in [5, 5.41) is 0. The zero-order valence-corrected chi connectivity index (χ0v) is 10.4. The van der Waals surface area contributed by atoms with E-state index in [1.807, 2.05) is 10.8 Å². The Balaban J connectivity index is 2.73. The zero-order chi connectivity index (χ0) is 9.07. The molecule has 0 heterocycles. The molecule has 0 aromatic rings. The number of thiol groups is 1. The Morgan fingerprint density at radius 3 is 2.08 bits per heavy atom. The van der Waals surface area contributed by atoms with Gasteiger partial charge in [-0.2, -0.15) is 0 Å². The Hall–Kier alpha value is 1.05. The van der Waals surface area contributed by atoms with Gasteiger partial charge in [-0.25, -0.2) is 0 Å². The summed E-state index contributed by atoms with van der Waals surface area (Å²) >= 11 is 4.07. The molecule has 0 atom stereocenters. The van der Waals surface area contributed by atoms with E-state index >= 15 is 0 Å². The van der Waals surface area contributed by atoms with Crippen LogP contribution >= 0.6 is 32.3 Å². The Labute approximate surface area is 89.9 Å². The van der Waals surface area contributed by atoms with Gasteiger partial charge in [0.15, 0.2) is 0 Å². The molecule has 0 aromatic carbocycles. The van der Waals surface area contributed by atoms with Crippen molar-refractivity contribution >= 4 is 32.3 Å². The molecule has 0 radical (unpaired) electrons. The van der Waals surface area contributed by atoms with E-state index in [-0.39, 0.29) is 0 Å². The predicted molar refractivity (Wildman–Crippen MR) is 67.0 cm³/mol. The highest BCUT2D eigenvalue weighted by Crippen LogP contribution is 2.25. The van der Waals surface area contributed by atoms with Crippen molar-refractivity contribution in [3.8, 4) is 0 Å². The topological polar surface area (TPSA) is 0 Å². The van der Waals surface area contributed by atoms with Gasteiger partial charge in [0.2, 0.25) is 0 Å². The Kier molecular flexibility index (Phi) is 13.1. The van der Waals surface area contributed by atoms with E-state index in [2.05, 4.69) is 18.6 Å². The average Bonchev–Trinajstić information content (AvgIpc) is 2.10. The Bertz CT molecular complexity index is 66.2. The van der Waals surface area contributed by atoms with E-state index in [9.17, 15) is 0 Å². The van der Waals surface area contributed by atoms with Gasteiger partial charge >= 0.3 is 0 Å². The smallest absolute Gasteiger partial charge is 0.00450 e. The molecule has 0 aliphatic carbocycles. The molecule has 0 saturated heterocycles. The summed E-state index contributed by atoms with van der Waals surface area (Å²) in [7, 11) is 3.44. The highest BCUT2D eigenvalue weighted by molar-refractivity contribution is 9.05. The molecule has 0 aliphatic heterocycles. The molecular formula is C9H20S3. The van der Waals surface area contributed by atoms with Crippen LogP contribution in [-0.2, 0) is 0 Å². The van der Waals surface area contributed by atoms with Crippen molar-refractivity contribution in [1.29, 1.82) is 0 Å². The second-order valence-electron chi connectivity index (χ2n) is 3.02. The molecule has 0 rings (SSSR count). The van der Waals surface area contributed by atoms with Gasteiger partial charge in [0.05, 0.1) is 0 Å². The van der Waals surface area contributed by atoms with E-state index in [1.165, 1.54) is 50.7 Å². The van der Waals surface area contributed by atoms with E-state index in [4.69, 9.17) is 0 Å². The first kappa shape index (κ1) is 13.1. The minimum Gasteiger partial charge on any atom is -0.0997 e. The SMILES string of the molecule is CCCCCCCCCSSS. The fourth-order valence-electron chi connectivity index (χ4n) is 1.16. The molecule has 0 nitrogen and oxygen atoms in total. The Morgan fingerprint density at radius 1 is 0.917 bits per heavy atom. The fraction of sp³-hybridized carbons (Fsp3) is 1.00. The number of hydrogen-bond acceptors (Lipinski definition) is 3. The van der Waals surface area contributed by atoms with Crippen molar-refractivity contribution in [3.05, 3.63) is 0 Å². The summed E-state index contributed by atoms with van der Waals surface area (Å²) in [6.07, 6.45) is 9.85. The van der Waals surface area contributed by atoms with E-state index < -0.39 is 0 Å². The number of rotatable bonds is 9. The lowest BCUT2D eigenvalue weighted by Crippen LogP contribution is -1.80. The molecule has 0 fully saturated rings. The van der Waals surface area contributed by atoms with E-state index in [0.29, 0.717) is 0 Å². The van der Waals surface area contributed by atoms with Crippen LogP contribution < -0.4 is 0 Å². The third-order valence-corrected chi connectivity index (χ3v) is 4.21. The highest BCUT2D eigenvalue weighted by atomic mass is 33.5. The second-order valence-corrected chi connectivity index (χ2v) is 6.31. The molecule has 0 bridgehead atoms. The monoisotopic (exact) mass is 224 g/mol. The maximum absolute atomic E-state index is 4.07. The average molecular weight is 224 g/mol. The maximum atomic E-state index is 4.07. The first-order valence-corrected chi connectivity index (χ1v) is 8.22. The van der Waals surface area contributed by atoms with Gasteiger partial charge in [-0.05, 0) is 16.2 Å². The lowest BCUT2D eigenvalue weighted by molar-refractivity contribution is 0.604. The van der Waals surface area contributed by atoms with Crippen molar-refractivity contribution in [2.45, 2.75) is 51.9 Å². The van der Waals surface area contributed by atoms with Crippen LogP contribution in [0.2, 0.25) is 0 Å². The zero-order valence-electron chi connectivity index (χ0n) is 7.92. The van der Waals surface area contributed by atoms with Gasteiger partial charge in [0.1, 0.15) is 0 Å². The van der Waals surface area contributed by atoms with Gasteiger partial charge in [0.25, 0.3) is 0 Å². The highest BCUT2D eigenvalue weighted by Gasteiger charge is 1.90. The molecule has 0 spiro atoms. The minimum absolute atomic E-state index is 1.27. The third-order valence-electron chi connectivity index (χ3n) is 1.88. The molecule has 0 saturated carbocycles. The van der Waals surface area contributed by atoms with Crippen LogP contribution in [0.1, 0.15) is 51.9 Å². The van der Waals surface area contributed by atoms with Crippen LogP contribution in [0.25, 0.3) is 0 Å². The van der Waals surface area contributed by atoms with Crippen molar-refractivity contribution < 1.29 is 0 Å². The first-order chi connectivity index (χ1) is 5.91. The number of unbranched alkanes of at least 4 members (excludes halogenated alkanes) is 6. The summed E-state index contributed by atoms with van der Waals surface area (Å²) in [6.45, 7) is 2.26. The molecular weight excluding hydrogens is 204 g/mol. The second kappa shape index (κ2) is 12.0. The van der Waals surface area contributed by atoms with Crippen LogP contribution in [0.4, 0.5) is 0 Å². The quantitative estimate of drug-likeness (QED) is 0.334. The van der Waals surface area contributed by atoms with Crippen molar-refractivity contribution in [3.63, 3.8) is 0 Å². The summed E-state index contributed by atoms with van der Waals surface area (Å²) in [4.78, 5) is 0. The third kappa shape index (κ3) is 11.1. The largest absolute Gasteiger partial charge is 0.0997 e. The first-order valence-electron chi connectivity index (χ1n) is 4.85. The molecule has 0 aliphatic rings. The molecule has 0 unspecified atom stereocenters. The van der Waals surface area contributed by atoms with Crippen LogP contribution in [0.15, 0.2) is 0 Å².